The van der Waals surface area contributed by atoms with Crippen molar-refractivity contribution in [2.24, 2.45) is 4.99 Å². The minimum atomic E-state index is 0.531. The van der Waals surface area contributed by atoms with Gasteiger partial charge in [0.15, 0.2) is 5.96 Å². The van der Waals surface area contributed by atoms with Crippen molar-refractivity contribution in [1.29, 1.82) is 0 Å². The van der Waals surface area contributed by atoms with Crippen molar-refractivity contribution in [3.8, 4) is 0 Å². The maximum Gasteiger partial charge on any atom is 0.191 e. The van der Waals surface area contributed by atoms with Crippen LogP contribution in [0.25, 0.3) is 0 Å². The molecule has 0 spiro atoms. The molecule has 2 rings (SSSR count). The summed E-state index contributed by atoms with van der Waals surface area (Å²) >= 11 is 0. The molecule has 1 aliphatic heterocycles. The second-order valence-electron chi connectivity index (χ2n) is 6.40. The van der Waals surface area contributed by atoms with E-state index < -0.39 is 0 Å². The van der Waals surface area contributed by atoms with Crippen molar-refractivity contribution in [1.82, 2.24) is 20.4 Å². The zero-order chi connectivity index (χ0) is 15.6. The number of hydrogen-bond donors (Lipinski definition) is 2. The number of guanidine groups is 1. The van der Waals surface area contributed by atoms with Crippen LogP contribution in [-0.4, -0.2) is 74.7 Å². The smallest absolute Gasteiger partial charge is 0.191 e. The SMILES string of the molecule is CCNC(=NCCCCN1CCN(C)CC1)NC1CC=CC1. The molecule has 126 valence electrons. The third kappa shape index (κ3) is 6.36. The Morgan fingerprint density at radius 1 is 1.14 bits per heavy atom. The first-order valence-corrected chi connectivity index (χ1v) is 8.88. The van der Waals surface area contributed by atoms with Gasteiger partial charge < -0.3 is 20.4 Å². The number of unbranched alkanes of at least 4 members (excludes halogenated alkanes) is 1. The molecule has 0 aromatic rings. The lowest BCUT2D eigenvalue weighted by atomic mass is 10.2. The van der Waals surface area contributed by atoms with Crippen molar-refractivity contribution < 1.29 is 0 Å². The van der Waals surface area contributed by atoms with E-state index in [9.17, 15) is 0 Å². The largest absolute Gasteiger partial charge is 0.357 e. The Kier molecular flexibility index (Phi) is 7.74. The number of nitrogens with zero attached hydrogens (tertiary/aromatic N) is 3. The van der Waals surface area contributed by atoms with E-state index >= 15 is 0 Å². The van der Waals surface area contributed by atoms with Crippen molar-refractivity contribution in [3.63, 3.8) is 0 Å². The Labute approximate surface area is 135 Å². The first kappa shape index (κ1) is 17.3. The first-order chi connectivity index (χ1) is 10.8. The molecule has 5 nitrogen and oxygen atoms in total. The molecule has 1 fully saturated rings. The topological polar surface area (TPSA) is 42.9 Å². The summed E-state index contributed by atoms with van der Waals surface area (Å²) in [7, 11) is 2.21. The Hall–Kier alpha value is -1.07. The lowest BCUT2D eigenvalue weighted by Crippen LogP contribution is -2.44. The third-order valence-electron chi connectivity index (χ3n) is 4.44. The van der Waals surface area contributed by atoms with E-state index in [1.165, 1.54) is 45.6 Å². The Morgan fingerprint density at radius 2 is 1.86 bits per heavy atom. The van der Waals surface area contributed by atoms with Crippen LogP contribution >= 0.6 is 0 Å². The Balaban J connectivity index is 1.59. The first-order valence-electron chi connectivity index (χ1n) is 8.88. The number of nitrogens with one attached hydrogen (secondary N) is 2. The molecule has 22 heavy (non-hydrogen) atoms. The van der Waals surface area contributed by atoms with E-state index in [1.54, 1.807) is 0 Å². The maximum absolute atomic E-state index is 4.71. The standard InChI is InChI=1S/C17H33N5/c1-3-18-17(20-16-8-4-5-9-16)19-10-6-7-11-22-14-12-21(2)13-15-22/h4-5,16H,3,6-15H2,1-2H3,(H2,18,19,20). The lowest BCUT2D eigenvalue weighted by Gasteiger charge is -2.32. The van der Waals surface area contributed by atoms with Crippen molar-refractivity contribution in [2.45, 2.75) is 38.6 Å². The fourth-order valence-corrected chi connectivity index (χ4v) is 2.96. The molecule has 0 atom stereocenters. The Morgan fingerprint density at radius 3 is 2.55 bits per heavy atom. The van der Waals surface area contributed by atoms with Crippen LogP contribution in [0.1, 0.15) is 32.6 Å². The highest BCUT2D eigenvalue weighted by Crippen LogP contribution is 2.08. The fourth-order valence-electron chi connectivity index (χ4n) is 2.96. The van der Waals surface area contributed by atoms with Crippen LogP contribution in [0.3, 0.4) is 0 Å². The van der Waals surface area contributed by atoms with Crippen molar-refractivity contribution in [2.75, 3.05) is 52.9 Å². The second kappa shape index (κ2) is 9.85. The zero-order valence-corrected chi connectivity index (χ0v) is 14.4. The minimum Gasteiger partial charge on any atom is -0.357 e. The normalized spacial score (nSPS) is 21.5. The highest BCUT2D eigenvalue weighted by molar-refractivity contribution is 5.80. The molecule has 1 heterocycles. The summed E-state index contributed by atoms with van der Waals surface area (Å²) in [6.45, 7) is 10.1. The van der Waals surface area contributed by atoms with Crippen molar-refractivity contribution in [3.05, 3.63) is 12.2 Å². The predicted molar refractivity (Wildman–Crippen MR) is 94.4 cm³/mol. The van der Waals surface area contributed by atoms with Gasteiger partial charge in [-0.15, -0.1) is 0 Å². The molecule has 0 aromatic carbocycles. The predicted octanol–water partition coefficient (Wildman–Crippen LogP) is 1.29. The van der Waals surface area contributed by atoms with Gasteiger partial charge in [-0.25, -0.2) is 0 Å². The van der Waals surface area contributed by atoms with Crippen LogP contribution < -0.4 is 10.6 Å². The van der Waals surface area contributed by atoms with Gasteiger partial charge in [-0.3, -0.25) is 4.99 Å². The summed E-state index contributed by atoms with van der Waals surface area (Å²) in [5.74, 6) is 0.982. The molecule has 0 saturated carbocycles. The van der Waals surface area contributed by atoms with Crippen LogP contribution in [0.5, 0.6) is 0 Å². The third-order valence-corrected chi connectivity index (χ3v) is 4.44. The van der Waals surface area contributed by atoms with Crippen LogP contribution in [0.2, 0.25) is 0 Å². The quantitative estimate of drug-likeness (QED) is 0.322. The molecule has 0 aromatic heterocycles. The molecule has 1 saturated heterocycles. The lowest BCUT2D eigenvalue weighted by molar-refractivity contribution is 0.152. The number of aliphatic imine (C=N–C) groups is 1. The highest BCUT2D eigenvalue weighted by Gasteiger charge is 2.13. The van der Waals surface area contributed by atoms with Crippen molar-refractivity contribution >= 4 is 5.96 Å². The monoisotopic (exact) mass is 307 g/mol. The number of likely N-dealkylation sites (N-methyl/N-ethyl adjacent to an activating group) is 1. The van der Waals surface area contributed by atoms with Crippen LogP contribution in [-0.2, 0) is 0 Å². The molecular weight excluding hydrogens is 274 g/mol. The summed E-state index contributed by atoms with van der Waals surface area (Å²) in [5.41, 5.74) is 0. The highest BCUT2D eigenvalue weighted by atomic mass is 15.2. The molecule has 0 amide bonds. The molecule has 0 unspecified atom stereocenters. The molecule has 5 heteroatoms. The maximum atomic E-state index is 4.71. The second-order valence-corrected chi connectivity index (χ2v) is 6.40. The van der Waals surface area contributed by atoms with E-state index in [4.69, 9.17) is 4.99 Å². The van der Waals surface area contributed by atoms with Crippen LogP contribution in [0.4, 0.5) is 0 Å². The molecule has 2 N–H and O–H groups in total. The van der Waals surface area contributed by atoms with E-state index in [0.717, 1.165) is 31.9 Å². The van der Waals surface area contributed by atoms with Gasteiger partial charge in [-0.05, 0) is 46.2 Å². The Bertz CT molecular complexity index is 350. The van der Waals surface area contributed by atoms with Gasteiger partial charge in [0.05, 0.1) is 0 Å². The summed E-state index contributed by atoms with van der Waals surface area (Å²) in [5, 5.41) is 6.87. The van der Waals surface area contributed by atoms with Gasteiger partial charge in [0.25, 0.3) is 0 Å². The molecule has 2 aliphatic rings. The van der Waals surface area contributed by atoms with E-state index in [1.807, 2.05) is 0 Å². The minimum absolute atomic E-state index is 0.531. The van der Waals surface area contributed by atoms with E-state index in [0.29, 0.717) is 6.04 Å². The van der Waals surface area contributed by atoms with Gasteiger partial charge in [-0.1, -0.05) is 12.2 Å². The van der Waals surface area contributed by atoms with Gasteiger partial charge in [0, 0.05) is 45.3 Å². The summed E-state index contributed by atoms with van der Waals surface area (Å²) < 4.78 is 0. The number of rotatable bonds is 7. The van der Waals surface area contributed by atoms with Gasteiger partial charge in [0.1, 0.15) is 0 Å². The molecule has 0 radical (unpaired) electrons. The number of hydrogen-bond acceptors (Lipinski definition) is 3. The fraction of sp³-hybridized carbons (Fsp3) is 0.824. The molecular formula is C17H33N5. The van der Waals surface area contributed by atoms with Gasteiger partial charge in [-0.2, -0.15) is 0 Å². The van der Waals surface area contributed by atoms with Crippen LogP contribution in [0, 0.1) is 0 Å². The van der Waals surface area contributed by atoms with E-state index in [-0.39, 0.29) is 0 Å². The summed E-state index contributed by atoms with van der Waals surface area (Å²) in [4.78, 5) is 9.70. The molecule has 0 bridgehead atoms. The van der Waals surface area contributed by atoms with Gasteiger partial charge in [0.2, 0.25) is 0 Å². The zero-order valence-electron chi connectivity index (χ0n) is 14.4. The summed E-state index contributed by atoms with van der Waals surface area (Å²) in [6.07, 6.45) is 9.15. The average molecular weight is 307 g/mol. The molecule has 1 aliphatic carbocycles. The van der Waals surface area contributed by atoms with Crippen LogP contribution in [0.15, 0.2) is 17.1 Å². The van der Waals surface area contributed by atoms with E-state index in [2.05, 4.69) is 46.6 Å². The average Bonchev–Trinajstić information content (AvgIpc) is 3.02. The van der Waals surface area contributed by atoms with Gasteiger partial charge >= 0.3 is 0 Å². The summed E-state index contributed by atoms with van der Waals surface area (Å²) in [6, 6.07) is 0.531. The number of piperazine rings is 1.